The number of rotatable bonds is 17. The lowest BCUT2D eigenvalue weighted by molar-refractivity contribution is 0.467. The zero-order valence-electron chi connectivity index (χ0n) is 20.9. The van der Waals surface area contributed by atoms with Gasteiger partial charge in [-0.25, -0.2) is 0 Å². The summed E-state index contributed by atoms with van der Waals surface area (Å²) in [5.41, 5.74) is 1.40. The Morgan fingerprint density at radius 2 is 1.17 bits per heavy atom. The summed E-state index contributed by atoms with van der Waals surface area (Å²) in [6.07, 6.45) is 5.01. The molecule has 0 radical (unpaired) electrons. The predicted molar refractivity (Wildman–Crippen MR) is 143 cm³/mol. The van der Waals surface area contributed by atoms with E-state index in [4.69, 9.17) is 8.85 Å². The summed E-state index contributed by atoms with van der Waals surface area (Å²) in [6, 6.07) is 13.8. The average Bonchev–Trinajstić information content (AvgIpc) is 2.79. The maximum absolute atomic E-state index is 6.89. The van der Waals surface area contributed by atoms with E-state index >= 15 is 0 Å². The smallest absolute Gasteiger partial charge is 0.250 e. The van der Waals surface area contributed by atoms with E-state index < -0.39 is 16.6 Å². The van der Waals surface area contributed by atoms with Crippen LogP contribution in [0.2, 0.25) is 36.3 Å². The van der Waals surface area contributed by atoms with Gasteiger partial charge in [-0.05, 0) is 84.7 Å². The van der Waals surface area contributed by atoms with Crippen molar-refractivity contribution in [1.82, 2.24) is 0 Å². The molecule has 0 aromatic heterocycles. The molecular formula is C25H48O2SSi2. The number of unbranched alkanes of at least 4 members (excludes halogenated alkanes) is 1. The van der Waals surface area contributed by atoms with Crippen LogP contribution in [0.5, 0.6) is 11.5 Å². The van der Waals surface area contributed by atoms with Crippen LogP contribution < -0.4 is 8.85 Å². The van der Waals surface area contributed by atoms with Crippen LogP contribution in [0.25, 0.3) is 0 Å². The highest BCUT2D eigenvalue weighted by atomic mass is 32.2. The van der Waals surface area contributed by atoms with E-state index in [1.165, 1.54) is 36.3 Å². The van der Waals surface area contributed by atoms with Gasteiger partial charge in [-0.3, -0.25) is 0 Å². The second kappa shape index (κ2) is 14.6. The van der Waals surface area contributed by atoms with Gasteiger partial charge in [0.1, 0.15) is 11.5 Å². The fourth-order valence-electron chi connectivity index (χ4n) is 4.00. The van der Waals surface area contributed by atoms with Crippen LogP contribution in [0, 0.1) is 0 Å². The Bertz CT molecular complexity index is 570. The quantitative estimate of drug-likeness (QED) is 0.168. The summed E-state index contributed by atoms with van der Waals surface area (Å²) in [4.78, 5) is 0. The highest BCUT2D eigenvalue weighted by Crippen LogP contribution is 2.37. The van der Waals surface area contributed by atoms with Crippen molar-refractivity contribution >= 4 is 28.4 Å². The second-order valence-electron chi connectivity index (χ2n) is 8.54. The van der Waals surface area contributed by atoms with Crippen LogP contribution >= 0.6 is 11.8 Å². The number of hydrogen-bond acceptors (Lipinski definition) is 3. The van der Waals surface area contributed by atoms with E-state index in [0.717, 1.165) is 54.2 Å². The Balaban J connectivity index is 3.06. The van der Waals surface area contributed by atoms with Crippen molar-refractivity contribution in [3.05, 3.63) is 23.8 Å². The van der Waals surface area contributed by atoms with Crippen molar-refractivity contribution in [1.29, 1.82) is 0 Å². The maximum Gasteiger partial charge on any atom is 0.250 e. The molecule has 0 amide bonds. The van der Waals surface area contributed by atoms with Gasteiger partial charge < -0.3 is 8.85 Å². The van der Waals surface area contributed by atoms with Gasteiger partial charge in [0, 0.05) is 0 Å². The maximum atomic E-state index is 6.89. The SMILES string of the molecule is CCCCSCCCc1ccc(O[Si](CC)(CC)CC)c(O[Si](CC)(CC)CC)c1. The van der Waals surface area contributed by atoms with Crippen LogP contribution in [0.3, 0.4) is 0 Å². The number of benzene rings is 1. The van der Waals surface area contributed by atoms with E-state index in [0.29, 0.717) is 0 Å². The van der Waals surface area contributed by atoms with E-state index in [9.17, 15) is 0 Å². The van der Waals surface area contributed by atoms with Crippen LogP contribution in [0.1, 0.15) is 73.3 Å². The monoisotopic (exact) mass is 468 g/mol. The molecule has 0 aliphatic heterocycles. The molecular weight excluding hydrogens is 421 g/mol. The van der Waals surface area contributed by atoms with Crippen molar-refractivity contribution in [2.75, 3.05) is 11.5 Å². The molecule has 1 aromatic carbocycles. The molecule has 0 unspecified atom stereocenters. The Morgan fingerprint density at radius 3 is 1.67 bits per heavy atom. The first-order valence-electron chi connectivity index (χ1n) is 12.6. The predicted octanol–water partition coefficient (Wildman–Crippen LogP) is 8.92. The summed E-state index contributed by atoms with van der Waals surface area (Å²) in [5, 5.41) is 0. The summed E-state index contributed by atoms with van der Waals surface area (Å²) in [7, 11) is -3.47. The second-order valence-corrected chi connectivity index (χ2v) is 19.1. The molecule has 0 saturated carbocycles. The summed E-state index contributed by atoms with van der Waals surface area (Å²) >= 11 is 2.10. The molecule has 174 valence electrons. The lowest BCUT2D eigenvalue weighted by Gasteiger charge is -2.34. The van der Waals surface area contributed by atoms with Gasteiger partial charge in [0.25, 0.3) is 16.6 Å². The molecule has 0 aliphatic carbocycles. The highest BCUT2D eigenvalue weighted by molar-refractivity contribution is 7.99. The minimum Gasteiger partial charge on any atom is -0.541 e. The first-order valence-corrected chi connectivity index (χ1v) is 18.8. The lowest BCUT2D eigenvalue weighted by Crippen LogP contribution is -2.41. The normalized spacial score (nSPS) is 12.2. The molecule has 0 saturated heterocycles. The van der Waals surface area contributed by atoms with Gasteiger partial charge in [-0.1, -0.05) is 61.0 Å². The molecule has 0 bridgehead atoms. The van der Waals surface area contributed by atoms with Gasteiger partial charge in [0.05, 0.1) is 0 Å². The lowest BCUT2D eigenvalue weighted by atomic mass is 10.1. The fraction of sp³-hybridized carbons (Fsp3) is 0.760. The minimum absolute atomic E-state index is 1.01. The van der Waals surface area contributed by atoms with E-state index in [1.54, 1.807) is 0 Å². The molecule has 1 rings (SSSR count). The summed E-state index contributed by atoms with van der Waals surface area (Å²) < 4.78 is 13.7. The third-order valence-electron chi connectivity index (χ3n) is 6.92. The summed E-state index contributed by atoms with van der Waals surface area (Å²) in [5.74, 6) is 4.60. The largest absolute Gasteiger partial charge is 0.541 e. The van der Waals surface area contributed by atoms with Crippen LogP contribution in [0.15, 0.2) is 18.2 Å². The molecule has 30 heavy (non-hydrogen) atoms. The van der Waals surface area contributed by atoms with Crippen molar-refractivity contribution in [2.24, 2.45) is 0 Å². The van der Waals surface area contributed by atoms with Gasteiger partial charge in [-0.2, -0.15) is 11.8 Å². The molecule has 0 heterocycles. The molecule has 5 heteroatoms. The molecule has 1 aromatic rings. The molecule has 0 aliphatic rings. The first kappa shape index (κ1) is 27.6. The summed E-state index contributed by atoms with van der Waals surface area (Å²) in [6.45, 7) is 16.1. The van der Waals surface area contributed by atoms with Crippen LogP contribution in [-0.2, 0) is 6.42 Å². The molecule has 0 spiro atoms. The average molecular weight is 469 g/mol. The topological polar surface area (TPSA) is 18.5 Å². The van der Waals surface area contributed by atoms with E-state index in [1.807, 2.05) is 0 Å². The molecule has 0 atom stereocenters. The molecule has 0 N–H and O–H groups in total. The van der Waals surface area contributed by atoms with Gasteiger partial charge in [0.15, 0.2) is 0 Å². The number of thioether (sulfide) groups is 1. The van der Waals surface area contributed by atoms with E-state index in [-0.39, 0.29) is 0 Å². The number of aryl methyl sites for hydroxylation is 1. The van der Waals surface area contributed by atoms with Crippen molar-refractivity contribution in [3.8, 4) is 11.5 Å². The Morgan fingerprint density at radius 1 is 0.667 bits per heavy atom. The standard InChI is InChI=1S/C25H48O2SSi2/c1-8-15-20-28-21-16-17-23-18-19-24(26-29(9-2,10-3)11-4)25(22-23)27-30(12-5,13-6)14-7/h18-19,22H,8-17,20-21H2,1-7H3. The third-order valence-corrected chi connectivity index (χ3v) is 17.1. The first-order chi connectivity index (χ1) is 14.5. The zero-order valence-corrected chi connectivity index (χ0v) is 23.8. The van der Waals surface area contributed by atoms with Crippen molar-refractivity contribution < 1.29 is 8.85 Å². The highest BCUT2D eigenvalue weighted by Gasteiger charge is 2.35. The van der Waals surface area contributed by atoms with Crippen LogP contribution in [0.4, 0.5) is 0 Å². The number of hydrogen-bond donors (Lipinski definition) is 0. The minimum atomic E-state index is -1.74. The zero-order chi connectivity index (χ0) is 22.5. The third kappa shape index (κ3) is 8.27. The van der Waals surface area contributed by atoms with Crippen LogP contribution in [-0.4, -0.2) is 28.1 Å². The van der Waals surface area contributed by atoms with Crippen molar-refractivity contribution in [3.63, 3.8) is 0 Å². The van der Waals surface area contributed by atoms with Gasteiger partial charge >= 0.3 is 0 Å². The van der Waals surface area contributed by atoms with E-state index in [2.05, 4.69) is 78.4 Å². The van der Waals surface area contributed by atoms with Crippen molar-refractivity contribution in [2.45, 2.75) is 110 Å². The Kier molecular flexibility index (Phi) is 13.5. The fourth-order valence-corrected chi connectivity index (χ4v) is 10.2. The van der Waals surface area contributed by atoms with Gasteiger partial charge in [0.2, 0.25) is 0 Å². The molecule has 0 fully saturated rings. The Labute approximate surface area is 194 Å². The van der Waals surface area contributed by atoms with Gasteiger partial charge in [-0.15, -0.1) is 0 Å². The Hall–Kier alpha value is -0.396. The molecule has 2 nitrogen and oxygen atoms in total.